The highest BCUT2D eigenvalue weighted by Gasteiger charge is 2.15. The van der Waals surface area contributed by atoms with Crippen molar-refractivity contribution in [3.05, 3.63) is 35.1 Å². The molecule has 0 bridgehead atoms. The predicted octanol–water partition coefficient (Wildman–Crippen LogP) is 2.11. The Morgan fingerprint density at radius 1 is 1.50 bits per heavy atom. The van der Waals surface area contributed by atoms with E-state index in [1.165, 1.54) is 25.3 Å². The van der Waals surface area contributed by atoms with Crippen LogP contribution in [0.4, 0.5) is 4.39 Å². The van der Waals surface area contributed by atoms with E-state index < -0.39 is 11.9 Å². The van der Waals surface area contributed by atoms with E-state index in [4.69, 9.17) is 4.74 Å². The molecule has 1 amide bonds. The van der Waals surface area contributed by atoms with E-state index in [1.54, 1.807) is 0 Å². The quantitative estimate of drug-likeness (QED) is 0.805. The van der Waals surface area contributed by atoms with Gasteiger partial charge in [-0.15, -0.1) is 0 Å². The molecule has 1 aromatic rings. The minimum atomic E-state index is -0.581. The van der Waals surface area contributed by atoms with E-state index in [-0.39, 0.29) is 25.0 Å². The second kappa shape index (κ2) is 7.97. The maximum atomic E-state index is 13.4. The molecule has 4 nitrogen and oxygen atoms in total. The molecule has 0 aliphatic carbocycles. The average molecular weight is 283 g/mol. The van der Waals surface area contributed by atoms with Gasteiger partial charge in [-0.1, -0.05) is 20.3 Å². The van der Waals surface area contributed by atoms with E-state index >= 15 is 0 Å². The summed E-state index contributed by atoms with van der Waals surface area (Å²) >= 11 is 0. The van der Waals surface area contributed by atoms with Gasteiger partial charge in [-0.2, -0.15) is 0 Å². The van der Waals surface area contributed by atoms with Crippen molar-refractivity contribution in [1.29, 1.82) is 0 Å². The molecule has 2 N–H and O–H groups in total. The molecule has 2 unspecified atom stereocenters. The van der Waals surface area contributed by atoms with E-state index in [0.29, 0.717) is 11.1 Å². The largest absolute Gasteiger partial charge is 0.391 e. The van der Waals surface area contributed by atoms with Gasteiger partial charge in [-0.3, -0.25) is 4.79 Å². The third kappa shape index (κ3) is 4.58. The Morgan fingerprint density at radius 2 is 2.20 bits per heavy atom. The average Bonchev–Trinajstić information content (AvgIpc) is 2.45. The zero-order valence-corrected chi connectivity index (χ0v) is 12.1. The van der Waals surface area contributed by atoms with Gasteiger partial charge in [-0.25, -0.2) is 4.39 Å². The molecule has 0 saturated carbocycles. The normalized spacial score (nSPS) is 13.8. The summed E-state index contributed by atoms with van der Waals surface area (Å²) in [5.74, 6) is -0.611. The number of hydrogen-bond donors (Lipinski definition) is 2. The molecule has 0 heterocycles. The number of carbonyl (C=O) groups is 1. The van der Waals surface area contributed by atoms with Crippen LogP contribution in [0.25, 0.3) is 0 Å². The number of amides is 1. The molecule has 0 radical (unpaired) electrons. The second-order valence-electron chi connectivity index (χ2n) is 4.90. The smallest absolute Gasteiger partial charge is 0.251 e. The van der Waals surface area contributed by atoms with Crippen molar-refractivity contribution in [3.8, 4) is 0 Å². The number of aliphatic hydroxyl groups excluding tert-OH is 1. The Hall–Kier alpha value is -1.46. The molecule has 0 spiro atoms. The summed E-state index contributed by atoms with van der Waals surface area (Å²) in [4.78, 5) is 11.9. The number of ether oxygens (including phenoxy) is 1. The first-order valence-corrected chi connectivity index (χ1v) is 6.73. The Labute approximate surface area is 119 Å². The number of methoxy groups -OCH3 is 1. The van der Waals surface area contributed by atoms with Crippen molar-refractivity contribution in [2.24, 2.45) is 5.92 Å². The molecule has 5 heteroatoms. The number of hydrogen-bond acceptors (Lipinski definition) is 3. The van der Waals surface area contributed by atoms with Crippen LogP contribution in [0.3, 0.4) is 0 Å². The molecule has 2 atom stereocenters. The molecule has 112 valence electrons. The second-order valence-corrected chi connectivity index (χ2v) is 4.90. The zero-order chi connectivity index (χ0) is 15.1. The number of benzene rings is 1. The first kappa shape index (κ1) is 16.6. The fourth-order valence-corrected chi connectivity index (χ4v) is 1.75. The van der Waals surface area contributed by atoms with Crippen molar-refractivity contribution in [1.82, 2.24) is 5.32 Å². The topological polar surface area (TPSA) is 58.6 Å². The highest BCUT2D eigenvalue weighted by Crippen LogP contribution is 2.12. The predicted molar refractivity (Wildman–Crippen MR) is 74.9 cm³/mol. The number of aliphatic hydroxyl groups is 1. The van der Waals surface area contributed by atoms with E-state index in [9.17, 15) is 14.3 Å². The summed E-state index contributed by atoms with van der Waals surface area (Å²) in [7, 11) is 1.47. The van der Waals surface area contributed by atoms with Crippen LogP contribution in [0.15, 0.2) is 18.2 Å². The van der Waals surface area contributed by atoms with Crippen LogP contribution >= 0.6 is 0 Å². The van der Waals surface area contributed by atoms with Gasteiger partial charge in [-0.05, 0) is 24.1 Å². The van der Waals surface area contributed by atoms with Crippen molar-refractivity contribution in [3.63, 3.8) is 0 Å². The fraction of sp³-hybridized carbons (Fsp3) is 0.533. The van der Waals surface area contributed by atoms with Crippen LogP contribution in [0.5, 0.6) is 0 Å². The highest BCUT2D eigenvalue weighted by molar-refractivity contribution is 5.94. The van der Waals surface area contributed by atoms with Gasteiger partial charge in [0, 0.05) is 24.8 Å². The minimum absolute atomic E-state index is 0.114. The van der Waals surface area contributed by atoms with Gasteiger partial charge in [0.05, 0.1) is 12.7 Å². The highest BCUT2D eigenvalue weighted by atomic mass is 19.1. The zero-order valence-electron chi connectivity index (χ0n) is 12.1. The lowest BCUT2D eigenvalue weighted by atomic mass is 10.0. The van der Waals surface area contributed by atoms with Gasteiger partial charge < -0.3 is 15.2 Å². The summed E-state index contributed by atoms with van der Waals surface area (Å²) < 4.78 is 18.3. The molecule has 1 rings (SSSR count). The van der Waals surface area contributed by atoms with E-state index in [2.05, 4.69) is 5.32 Å². The number of nitrogens with one attached hydrogen (secondary N) is 1. The molecule has 0 aliphatic heterocycles. The van der Waals surface area contributed by atoms with Crippen LogP contribution in [-0.4, -0.2) is 30.8 Å². The van der Waals surface area contributed by atoms with Crippen molar-refractivity contribution in [2.45, 2.75) is 33.0 Å². The summed E-state index contributed by atoms with van der Waals surface area (Å²) in [6, 6.07) is 4.12. The van der Waals surface area contributed by atoms with Gasteiger partial charge in [0.15, 0.2) is 0 Å². The Morgan fingerprint density at radius 3 is 2.80 bits per heavy atom. The lowest BCUT2D eigenvalue weighted by molar-refractivity contribution is 0.0850. The first-order chi connectivity index (χ1) is 9.49. The molecule has 20 heavy (non-hydrogen) atoms. The summed E-state index contributed by atoms with van der Waals surface area (Å²) in [5, 5.41) is 12.5. The maximum absolute atomic E-state index is 13.4. The monoisotopic (exact) mass is 283 g/mol. The van der Waals surface area contributed by atoms with E-state index in [1.807, 2.05) is 13.8 Å². The lowest BCUT2D eigenvalue weighted by Crippen LogP contribution is -2.35. The summed E-state index contributed by atoms with van der Waals surface area (Å²) in [6.07, 6.45) is 0.258. The van der Waals surface area contributed by atoms with Gasteiger partial charge in [0.1, 0.15) is 5.82 Å². The molecule has 0 fully saturated rings. The number of carbonyl (C=O) groups excluding carboxylic acids is 1. The summed E-state index contributed by atoms with van der Waals surface area (Å²) in [6.45, 7) is 4.20. The number of halogens is 1. The SMILES string of the molecule is CCC(C)C(O)CNC(=O)c1ccc(F)c(COC)c1. The van der Waals surface area contributed by atoms with Crippen molar-refractivity contribution in [2.75, 3.05) is 13.7 Å². The fourth-order valence-electron chi connectivity index (χ4n) is 1.75. The van der Waals surface area contributed by atoms with Crippen LogP contribution in [0.2, 0.25) is 0 Å². The number of rotatable bonds is 7. The van der Waals surface area contributed by atoms with Crippen molar-refractivity contribution < 1.29 is 19.0 Å². The minimum Gasteiger partial charge on any atom is -0.391 e. The van der Waals surface area contributed by atoms with Gasteiger partial charge in [0.25, 0.3) is 5.91 Å². The van der Waals surface area contributed by atoms with Gasteiger partial charge in [0.2, 0.25) is 0 Å². The summed E-state index contributed by atoms with van der Waals surface area (Å²) in [5.41, 5.74) is 0.692. The maximum Gasteiger partial charge on any atom is 0.251 e. The third-order valence-corrected chi connectivity index (χ3v) is 3.38. The molecule has 0 aliphatic rings. The molecular weight excluding hydrogens is 261 g/mol. The van der Waals surface area contributed by atoms with Gasteiger partial charge >= 0.3 is 0 Å². The van der Waals surface area contributed by atoms with Crippen LogP contribution in [0, 0.1) is 11.7 Å². The Bertz CT molecular complexity index is 451. The van der Waals surface area contributed by atoms with E-state index in [0.717, 1.165) is 6.42 Å². The van der Waals surface area contributed by atoms with Crippen LogP contribution in [-0.2, 0) is 11.3 Å². The van der Waals surface area contributed by atoms with Crippen LogP contribution in [0.1, 0.15) is 36.2 Å². The van der Waals surface area contributed by atoms with Crippen LogP contribution < -0.4 is 5.32 Å². The Kier molecular flexibility index (Phi) is 6.61. The molecule has 0 aromatic heterocycles. The first-order valence-electron chi connectivity index (χ1n) is 6.73. The molecular formula is C15H22FNO3. The Balaban J connectivity index is 2.66. The molecule has 1 aromatic carbocycles. The lowest BCUT2D eigenvalue weighted by Gasteiger charge is -2.17. The molecule has 0 saturated heterocycles. The standard InChI is InChI=1S/C15H22FNO3/c1-4-10(2)14(18)8-17-15(19)11-5-6-13(16)12(7-11)9-20-3/h5-7,10,14,18H,4,8-9H2,1-3H3,(H,17,19). The third-order valence-electron chi connectivity index (χ3n) is 3.38. The van der Waals surface area contributed by atoms with Crippen molar-refractivity contribution >= 4 is 5.91 Å².